The maximum atomic E-state index is 12.8. The summed E-state index contributed by atoms with van der Waals surface area (Å²) in [5.41, 5.74) is -0.920. The Balaban J connectivity index is 1.72. The number of nitrogens with one attached hydrogen (secondary N) is 2. The van der Waals surface area contributed by atoms with Gasteiger partial charge in [-0.05, 0) is 30.2 Å². The maximum Gasteiger partial charge on any atom is 0.416 e. The maximum absolute atomic E-state index is 12.8. The Morgan fingerprint density at radius 3 is 2.23 bits per heavy atom. The molecule has 0 saturated carbocycles. The number of anilines is 1. The van der Waals surface area contributed by atoms with Crippen LogP contribution in [0, 0.1) is 0 Å². The third-order valence-electron chi connectivity index (χ3n) is 3.91. The molecule has 2 heterocycles. The molecule has 0 bridgehead atoms. The fraction of sp³-hybridized carbons (Fsp3) is 0.375. The largest absolute Gasteiger partial charge is 0.416 e. The molecule has 0 radical (unpaired) electrons. The van der Waals surface area contributed by atoms with Gasteiger partial charge >= 0.3 is 12.4 Å². The fourth-order valence-electron chi connectivity index (χ4n) is 2.63. The first kappa shape index (κ1) is 18.4. The summed E-state index contributed by atoms with van der Waals surface area (Å²) in [7, 11) is 0. The molecule has 2 aromatic rings. The Morgan fingerprint density at radius 1 is 0.962 bits per heavy atom. The lowest BCUT2D eigenvalue weighted by Gasteiger charge is -2.14. The lowest BCUT2D eigenvalue weighted by Crippen LogP contribution is -2.14. The number of hydrogen-bond donors (Lipinski definition) is 2. The van der Waals surface area contributed by atoms with E-state index in [1.54, 1.807) is 6.20 Å². The summed E-state index contributed by atoms with van der Waals surface area (Å²) in [6.45, 7) is 1.36. The van der Waals surface area contributed by atoms with Gasteiger partial charge in [0.2, 0.25) is 5.95 Å². The van der Waals surface area contributed by atoms with Gasteiger partial charge in [0.15, 0.2) is 0 Å². The number of aromatic nitrogens is 2. The van der Waals surface area contributed by atoms with Crippen molar-refractivity contribution in [1.29, 1.82) is 0 Å². The minimum atomic E-state index is -4.85. The zero-order chi connectivity index (χ0) is 18.9. The van der Waals surface area contributed by atoms with Gasteiger partial charge in [-0.15, -0.1) is 0 Å². The Hall–Kier alpha value is -2.36. The van der Waals surface area contributed by atoms with Gasteiger partial charge < -0.3 is 10.6 Å². The SMILES string of the molecule is FC(F)(F)c1cc(CCNc2ncc3c(n2)CNC3)cc(C(F)(F)F)c1. The molecule has 0 spiro atoms. The smallest absolute Gasteiger partial charge is 0.354 e. The summed E-state index contributed by atoms with van der Waals surface area (Å²) in [6.07, 6.45) is -8.10. The van der Waals surface area contributed by atoms with Crippen molar-refractivity contribution in [3.8, 4) is 0 Å². The van der Waals surface area contributed by atoms with Crippen molar-refractivity contribution in [2.24, 2.45) is 0 Å². The van der Waals surface area contributed by atoms with E-state index in [1.165, 1.54) is 0 Å². The number of nitrogens with zero attached hydrogens (tertiary/aromatic N) is 2. The second kappa shape index (κ2) is 6.75. The van der Waals surface area contributed by atoms with Gasteiger partial charge in [-0.2, -0.15) is 26.3 Å². The molecule has 1 aromatic heterocycles. The van der Waals surface area contributed by atoms with Crippen LogP contribution >= 0.6 is 0 Å². The second-order valence-electron chi connectivity index (χ2n) is 5.86. The Kier molecular flexibility index (Phi) is 4.78. The number of alkyl halides is 6. The van der Waals surface area contributed by atoms with Crippen molar-refractivity contribution in [2.75, 3.05) is 11.9 Å². The molecular weight excluding hydrogens is 362 g/mol. The predicted molar refractivity (Wildman–Crippen MR) is 81.2 cm³/mol. The first-order valence-corrected chi connectivity index (χ1v) is 7.70. The van der Waals surface area contributed by atoms with Crippen LogP contribution in [0.5, 0.6) is 0 Å². The summed E-state index contributed by atoms with van der Waals surface area (Å²) >= 11 is 0. The highest BCUT2D eigenvalue weighted by molar-refractivity contribution is 5.35. The van der Waals surface area contributed by atoms with Crippen molar-refractivity contribution in [1.82, 2.24) is 15.3 Å². The highest BCUT2D eigenvalue weighted by atomic mass is 19.4. The molecule has 26 heavy (non-hydrogen) atoms. The van der Waals surface area contributed by atoms with Crippen LogP contribution in [0.2, 0.25) is 0 Å². The Labute approximate surface area is 144 Å². The van der Waals surface area contributed by atoms with Crippen LogP contribution in [0.15, 0.2) is 24.4 Å². The molecule has 0 amide bonds. The molecule has 0 fully saturated rings. The fourth-order valence-corrected chi connectivity index (χ4v) is 2.63. The Bertz CT molecular complexity index is 768. The minimum absolute atomic E-state index is 0.0360. The van der Waals surface area contributed by atoms with E-state index in [4.69, 9.17) is 0 Å². The quantitative estimate of drug-likeness (QED) is 0.798. The van der Waals surface area contributed by atoms with E-state index in [9.17, 15) is 26.3 Å². The van der Waals surface area contributed by atoms with E-state index < -0.39 is 23.5 Å². The average molecular weight is 376 g/mol. The molecule has 3 rings (SSSR count). The summed E-state index contributed by atoms with van der Waals surface area (Å²) in [4.78, 5) is 8.33. The predicted octanol–water partition coefficient (Wildman–Crippen LogP) is 3.77. The summed E-state index contributed by atoms with van der Waals surface area (Å²) in [5.74, 6) is 0.287. The molecule has 4 nitrogen and oxygen atoms in total. The van der Waals surface area contributed by atoms with Gasteiger partial charge in [0, 0.05) is 31.4 Å². The number of fused-ring (bicyclic) bond motifs is 1. The Morgan fingerprint density at radius 2 is 1.62 bits per heavy atom. The summed E-state index contributed by atoms with van der Waals surface area (Å²) < 4.78 is 77.0. The van der Waals surface area contributed by atoms with Crippen molar-refractivity contribution in [2.45, 2.75) is 31.9 Å². The van der Waals surface area contributed by atoms with Gasteiger partial charge in [0.05, 0.1) is 16.8 Å². The molecule has 0 unspecified atom stereocenters. The van der Waals surface area contributed by atoms with Crippen molar-refractivity contribution in [3.63, 3.8) is 0 Å². The molecule has 10 heteroatoms. The zero-order valence-corrected chi connectivity index (χ0v) is 13.3. The van der Waals surface area contributed by atoms with Crippen molar-refractivity contribution in [3.05, 3.63) is 52.3 Å². The van der Waals surface area contributed by atoms with Gasteiger partial charge in [0.1, 0.15) is 0 Å². The number of rotatable bonds is 4. The average Bonchev–Trinajstić information content (AvgIpc) is 3.00. The van der Waals surface area contributed by atoms with Crippen LogP contribution in [0.4, 0.5) is 32.3 Å². The topological polar surface area (TPSA) is 49.8 Å². The van der Waals surface area contributed by atoms with Crippen LogP contribution in [0.25, 0.3) is 0 Å². The lowest BCUT2D eigenvalue weighted by molar-refractivity contribution is -0.143. The first-order chi connectivity index (χ1) is 12.1. The molecule has 140 valence electrons. The number of hydrogen-bond acceptors (Lipinski definition) is 4. The first-order valence-electron chi connectivity index (χ1n) is 7.70. The van der Waals surface area contributed by atoms with Gasteiger partial charge in [0.25, 0.3) is 0 Å². The number of halogens is 6. The van der Waals surface area contributed by atoms with Crippen LogP contribution in [-0.4, -0.2) is 16.5 Å². The van der Waals surface area contributed by atoms with Crippen LogP contribution < -0.4 is 10.6 Å². The van der Waals surface area contributed by atoms with E-state index >= 15 is 0 Å². The van der Waals surface area contributed by atoms with E-state index in [2.05, 4.69) is 20.6 Å². The number of benzene rings is 1. The van der Waals surface area contributed by atoms with E-state index in [1.807, 2.05) is 0 Å². The van der Waals surface area contributed by atoms with E-state index in [0.29, 0.717) is 13.1 Å². The highest BCUT2D eigenvalue weighted by Crippen LogP contribution is 2.36. The molecule has 2 N–H and O–H groups in total. The molecule has 1 aliphatic rings. The highest BCUT2D eigenvalue weighted by Gasteiger charge is 2.36. The van der Waals surface area contributed by atoms with Crippen molar-refractivity contribution < 1.29 is 26.3 Å². The van der Waals surface area contributed by atoms with E-state index in [-0.39, 0.29) is 30.5 Å². The zero-order valence-electron chi connectivity index (χ0n) is 13.3. The molecule has 1 aromatic carbocycles. The van der Waals surface area contributed by atoms with Crippen molar-refractivity contribution >= 4 is 5.95 Å². The molecule has 0 saturated heterocycles. The summed E-state index contributed by atoms with van der Waals surface area (Å²) in [5, 5.41) is 5.92. The normalized spacial score (nSPS) is 14.4. The molecule has 0 aliphatic carbocycles. The second-order valence-corrected chi connectivity index (χ2v) is 5.86. The monoisotopic (exact) mass is 376 g/mol. The van der Waals surface area contributed by atoms with E-state index in [0.717, 1.165) is 23.4 Å². The molecular formula is C16H14F6N4. The molecule has 1 aliphatic heterocycles. The lowest BCUT2D eigenvalue weighted by atomic mass is 10.0. The summed E-state index contributed by atoms with van der Waals surface area (Å²) in [6, 6.07) is 1.57. The van der Waals surface area contributed by atoms with Gasteiger partial charge in [-0.3, -0.25) is 0 Å². The minimum Gasteiger partial charge on any atom is -0.354 e. The third-order valence-corrected chi connectivity index (χ3v) is 3.91. The van der Waals surface area contributed by atoms with Crippen LogP contribution in [0.3, 0.4) is 0 Å². The van der Waals surface area contributed by atoms with Crippen LogP contribution in [0.1, 0.15) is 27.9 Å². The standard InChI is InChI=1S/C16H14F6N4/c17-15(18,19)11-3-9(4-12(5-11)16(20,21)22)1-2-24-14-25-7-10-6-23-8-13(10)26-14/h3-5,7,23H,1-2,6,8H2,(H,24,25,26). The molecule has 0 atom stereocenters. The van der Waals surface area contributed by atoms with Gasteiger partial charge in [-0.1, -0.05) is 0 Å². The van der Waals surface area contributed by atoms with Gasteiger partial charge in [-0.25, -0.2) is 9.97 Å². The third kappa shape index (κ3) is 4.24. The van der Waals surface area contributed by atoms with Crippen LogP contribution in [-0.2, 0) is 31.9 Å².